The molecule has 5 heteroatoms. The van der Waals surface area contributed by atoms with E-state index in [2.05, 4.69) is 36.6 Å². The molecule has 0 aromatic heterocycles. The fraction of sp³-hybridized carbons (Fsp3) is 0.350. The lowest BCUT2D eigenvalue weighted by Gasteiger charge is -2.25. The summed E-state index contributed by atoms with van der Waals surface area (Å²) in [6.45, 7) is 9.17. The van der Waals surface area contributed by atoms with Crippen molar-refractivity contribution in [3.8, 4) is 0 Å². The minimum absolute atomic E-state index is 0.103. The molecule has 25 heavy (non-hydrogen) atoms. The van der Waals surface area contributed by atoms with E-state index in [0.717, 1.165) is 19.6 Å². The summed E-state index contributed by atoms with van der Waals surface area (Å²) in [7, 11) is 0. The van der Waals surface area contributed by atoms with Crippen molar-refractivity contribution in [2.45, 2.75) is 26.8 Å². The predicted octanol–water partition coefficient (Wildman–Crippen LogP) is 3.09. The zero-order chi connectivity index (χ0) is 18.2. The van der Waals surface area contributed by atoms with Crippen LogP contribution in [0, 0.1) is 12.7 Å². The van der Waals surface area contributed by atoms with Gasteiger partial charge in [-0.2, -0.15) is 0 Å². The normalized spacial score (nSPS) is 12.0. The largest absolute Gasteiger partial charge is 0.350 e. The van der Waals surface area contributed by atoms with Crippen LogP contribution in [0.1, 0.15) is 31.0 Å². The summed E-state index contributed by atoms with van der Waals surface area (Å²) in [5.74, 6) is -0.236. The number of likely N-dealkylation sites (N-methyl/N-ethyl adjacent to an activating group) is 1. The minimum Gasteiger partial charge on any atom is -0.350 e. The van der Waals surface area contributed by atoms with E-state index in [9.17, 15) is 4.39 Å². The lowest BCUT2D eigenvalue weighted by Crippen LogP contribution is -3.12. The maximum absolute atomic E-state index is 13.7. The first-order valence-electron chi connectivity index (χ1n) is 8.75. The van der Waals surface area contributed by atoms with Crippen LogP contribution in [0.15, 0.2) is 48.5 Å². The van der Waals surface area contributed by atoms with Crippen molar-refractivity contribution in [3.05, 3.63) is 65.5 Å². The van der Waals surface area contributed by atoms with E-state index < -0.39 is 0 Å². The molecule has 0 aliphatic carbocycles. The number of hydrogen-bond acceptors (Lipinski definition) is 1. The predicted molar refractivity (Wildman–Crippen MR) is 107 cm³/mol. The van der Waals surface area contributed by atoms with Crippen molar-refractivity contribution >= 4 is 23.0 Å². The van der Waals surface area contributed by atoms with E-state index >= 15 is 0 Å². The van der Waals surface area contributed by atoms with Gasteiger partial charge in [-0.15, -0.1) is 0 Å². The molecule has 0 bridgehead atoms. The van der Waals surface area contributed by atoms with E-state index in [4.69, 9.17) is 12.2 Å². The van der Waals surface area contributed by atoms with Crippen LogP contribution in [-0.2, 0) is 0 Å². The van der Waals surface area contributed by atoms with Crippen molar-refractivity contribution in [2.24, 2.45) is 0 Å². The van der Waals surface area contributed by atoms with Gasteiger partial charge in [0.25, 0.3) is 0 Å². The van der Waals surface area contributed by atoms with Gasteiger partial charge in [-0.1, -0.05) is 36.4 Å². The maximum atomic E-state index is 13.7. The molecule has 0 fully saturated rings. The van der Waals surface area contributed by atoms with Crippen LogP contribution >= 0.6 is 12.2 Å². The molecule has 0 radical (unpaired) electrons. The second kappa shape index (κ2) is 9.49. The van der Waals surface area contributed by atoms with E-state index in [1.165, 1.54) is 16.5 Å². The molecule has 134 valence electrons. The number of halogens is 1. The van der Waals surface area contributed by atoms with Gasteiger partial charge in [-0.05, 0) is 56.2 Å². The standard InChI is InChI=1S/C20H26FN3S/c1-4-24(5-2)14-19(16-9-7-6-8-10-16)23-20(25)22-17-12-11-15(3)18(21)13-17/h6-13,19H,4-5,14H2,1-3H3,(H2,22,23,25)/p+1/t19-/m0/s1. The average molecular weight is 361 g/mol. The third-order valence-electron chi connectivity index (χ3n) is 4.43. The molecular formula is C20H27FN3S+. The van der Waals surface area contributed by atoms with Crippen LogP contribution in [0.4, 0.5) is 10.1 Å². The van der Waals surface area contributed by atoms with Gasteiger partial charge in [0, 0.05) is 5.69 Å². The second-order valence-corrected chi connectivity index (χ2v) is 6.60. The van der Waals surface area contributed by atoms with Crippen LogP contribution in [0.3, 0.4) is 0 Å². The number of nitrogens with one attached hydrogen (secondary N) is 3. The lowest BCUT2D eigenvalue weighted by molar-refractivity contribution is -0.898. The van der Waals surface area contributed by atoms with Crippen molar-refractivity contribution in [3.63, 3.8) is 0 Å². The lowest BCUT2D eigenvalue weighted by atomic mass is 10.1. The molecule has 0 saturated carbocycles. The Labute approximate surface area is 155 Å². The third-order valence-corrected chi connectivity index (χ3v) is 4.65. The Balaban J connectivity index is 2.09. The topological polar surface area (TPSA) is 28.5 Å². The Morgan fingerprint density at radius 2 is 1.80 bits per heavy atom. The van der Waals surface area contributed by atoms with Crippen molar-refractivity contribution < 1.29 is 9.29 Å². The fourth-order valence-electron chi connectivity index (χ4n) is 2.76. The first-order chi connectivity index (χ1) is 12.0. The van der Waals surface area contributed by atoms with Crippen LogP contribution in [0.5, 0.6) is 0 Å². The van der Waals surface area contributed by atoms with Gasteiger partial charge < -0.3 is 15.5 Å². The highest BCUT2D eigenvalue weighted by molar-refractivity contribution is 7.80. The van der Waals surface area contributed by atoms with Gasteiger partial charge in [-0.3, -0.25) is 0 Å². The van der Waals surface area contributed by atoms with Crippen molar-refractivity contribution in [1.82, 2.24) is 5.32 Å². The average Bonchev–Trinajstić information content (AvgIpc) is 2.62. The Bertz CT molecular complexity index is 687. The molecule has 0 unspecified atom stereocenters. The number of anilines is 1. The molecule has 3 N–H and O–H groups in total. The Morgan fingerprint density at radius 3 is 2.40 bits per heavy atom. The van der Waals surface area contributed by atoms with Gasteiger partial charge in [-0.25, -0.2) is 4.39 Å². The third kappa shape index (κ3) is 5.80. The fourth-order valence-corrected chi connectivity index (χ4v) is 3.02. The Morgan fingerprint density at radius 1 is 1.12 bits per heavy atom. The summed E-state index contributed by atoms with van der Waals surface area (Å²) in [5, 5.41) is 6.99. The van der Waals surface area contributed by atoms with Gasteiger partial charge in [0.05, 0.1) is 13.1 Å². The molecule has 0 aliphatic rings. The summed E-state index contributed by atoms with van der Waals surface area (Å²) in [4.78, 5) is 1.49. The van der Waals surface area contributed by atoms with Crippen LogP contribution in [-0.4, -0.2) is 24.7 Å². The first-order valence-corrected chi connectivity index (χ1v) is 9.16. The van der Waals surface area contributed by atoms with Crippen molar-refractivity contribution in [1.29, 1.82) is 0 Å². The van der Waals surface area contributed by atoms with Crippen LogP contribution in [0.25, 0.3) is 0 Å². The van der Waals surface area contributed by atoms with Gasteiger partial charge in [0.1, 0.15) is 18.4 Å². The van der Waals surface area contributed by atoms with E-state index in [-0.39, 0.29) is 11.9 Å². The maximum Gasteiger partial charge on any atom is 0.171 e. The zero-order valence-corrected chi connectivity index (χ0v) is 15.9. The minimum atomic E-state index is -0.236. The van der Waals surface area contributed by atoms with Gasteiger partial charge in [0.15, 0.2) is 5.11 Å². The molecule has 0 spiro atoms. The summed E-state index contributed by atoms with van der Waals surface area (Å²) in [6.07, 6.45) is 0. The molecule has 3 nitrogen and oxygen atoms in total. The number of aryl methyl sites for hydroxylation is 1. The molecule has 0 aliphatic heterocycles. The molecule has 2 rings (SSSR count). The molecule has 2 aromatic carbocycles. The number of quaternary nitrogens is 1. The quantitative estimate of drug-likeness (QED) is 0.663. The van der Waals surface area contributed by atoms with E-state index in [1.807, 2.05) is 24.3 Å². The molecule has 0 heterocycles. The van der Waals surface area contributed by atoms with E-state index in [1.54, 1.807) is 13.0 Å². The summed E-state index contributed by atoms with van der Waals surface area (Å²) in [5.41, 5.74) is 2.47. The first kappa shape index (κ1) is 19.3. The highest BCUT2D eigenvalue weighted by Gasteiger charge is 2.18. The molecule has 2 aromatic rings. The molecule has 0 amide bonds. The van der Waals surface area contributed by atoms with Crippen molar-refractivity contribution in [2.75, 3.05) is 25.0 Å². The number of benzene rings is 2. The number of hydrogen-bond donors (Lipinski definition) is 3. The smallest absolute Gasteiger partial charge is 0.171 e. The summed E-state index contributed by atoms with van der Waals surface area (Å²) in [6, 6.07) is 15.4. The second-order valence-electron chi connectivity index (χ2n) is 6.19. The van der Waals surface area contributed by atoms with Crippen LogP contribution in [0.2, 0.25) is 0 Å². The van der Waals surface area contributed by atoms with Gasteiger partial charge >= 0.3 is 0 Å². The number of thiocarbonyl (C=S) groups is 1. The number of rotatable bonds is 7. The van der Waals surface area contributed by atoms with Crippen LogP contribution < -0.4 is 15.5 Å². The Hall–Kier alpha value is -1.98. The summed E-state index contributed by atoms with van der Waals surface area (Å²) < 4.78 is 13.7. The molecular weight excluding hydrogens is 333 g/mol. The summed E-state index contributed by atoms with van der Waals surface area (Å²) >= 11 is 5.46. The SMILES string of the molecule is CC[NH+](CC)C[C@H](NC(=S)Nc1ccc(C)c(F)c1)c1ccccc1. The zero-order valence-electron chi connectivity index (χ0n) is 15.1. The molecule has 1 atom stereocenters. The van der Waals surface area contributed by atoms with Gasteiger partial charge in [0.2, 0.25) is 0 Å². The Kier molecular flexibility index (Phi) is 7.34. The highest BCUT2D eigenvalue weighted by Crippen LogP contribution is 2.15. The van der Waals surface area contributed by atoms with E-state index in [0.29, 0.717) is 16.4 Å². The molecule has 0 saturated heterocycles. The monoisotopic (exact) mass is 360 g/mol. The highest BCUT2D eigenvalue weighted by atomic mass is 32.1.